The smallest absolute Gasteiger partial charge is 0.234 e. The normalized spacial score (nSPS) is 12.8. The van der Waals surface area contributed by atoms with Crippen molar-refractivity contribution in [3.8, 4) is 0 Å². The lowest BCUT2D eigenvalue weighted by Gasteiger charge is -2.15. The van der Waals surface area contributed by atoms with E-state index in [1.807, 2.05) is 0 Å². The summed E-state index contributed by atoms with van der Waals surface area (Å²) in [6, 6.07) is 6.34. The van der Waals surface area contributed by atoms with Crippen molar-refractivity contribution < 1.29 is 27.2 Å². The molecule has 4 N–H and O–H groups in total. The van der Waals surface area contributed by atoms with Crippen LogP contribution in [0.3, 0.4) is 0 Å². The second-order valence-electron chi connectivity index (χ2n) is 7.25. The standard InChI is InChI=1S/C22H26F4N4O2/c1-13(15-3-5-17(23)19(25)9-15)29-11-21(31)27-7-8-28-22(32)12-30-14(2)16-4-6-18(24)20(26)10-16/h3-6,9-10,13-14,29-30H,7-8,11-12H2,1-2H3,(H,27,31)(H,28,32). The van der Waals surface area contributed by atoms with Crippen molar-refractivity contribution in [3.63, 3.8) is 0 Å². The largest absolute Gasteiger partial charge is 0.353 e. The minimum Gasteiger partial charge on any atom is -0.353 e. The van der Waals surface area contributed by atoms with Gasteiger partial charge in [-0.05, 0) is 49.2 Å². The maximum atomic E-state index is 13.3. The lowest BCUT2D eigenvalue weighted by Crippen LogP contribution is -2.41. The van der Waals surface area contributed by atoms with Crippen LogP contribution in [-0.2, 0) is 9.59 Å². The first kappa shape index (κ1) is 25.3. The lowest BCUT2D eigenvalue weighted by molar-refractivity contribution is -0.122. The summed E-state index contributed by atoms with van der Waals surface area (Å²) in [6.45, 7) is 3.75. The quantitative estimate of drug-likeness (QED) is 0.311. The predicted molar refractivity (Wildman–Crippen MR) is 112 cm³/mol. The van der Waals surface area contributed by atoms with Gasteiger partial charge in [0.25, 0.3) is 0 Å². The molecule has 174 valence electrons. The van der Waals surface area contributed by atoms with E-state index in [2.05, 4.69) is 21.3 Å². The molecule has 2 amide bonds. The van der Waals surface area contributed by atoms with Crippen molar-refractivity contribution >= 4 is 11.8 Å². The Hall–Kier alpha value is -2.98. The van der Waals surface area contributed by atoms with E-state index < -0.39 is 23.3 Å². The molecule has 0 heterocycles. The molecule has 0 aliphatic rings. The number of halogens is 4. The molecule has 2 unspecified atom stereocenters. The third kappa shape index (κ3) is 7.93. The minimum atomic E-state index is -0.954. The third-order valence-electron chi connectivity index (χ3n) is 4.79. The molecule has 0 aliphatic carbocycles. The number of benzene rings is 2. The summed E-state index contributed by atoms with van der Waals surface area (Å²) >= 11 is 0. The number of hydrogen-bond acceptors (Lipinski definition) is 4. The topological polar surface area (TPSA) is 82.3 Å². The first-order chi connectivity index (χ1) is 15.2. The van der Waals surface area contributed by atoms with E-state index >= 15 is 0 Å². The predicted octanol–water partition coefficient (Wildman–Crippen LogP) is 2.48. The van der Waals surface area contributed by atoms with Crippen LogP contribution in [0.15, 0.2) is 36.4 Å². The van der Waals surface area contributed by atoms with Gasteiger partial charge in [0.1, 0.15) is 0 Å². The van der Waals surface area contributed by atoms with Crippen molar-refractivity contribution in [2.45, 2.75) is 25.9 Å². The zero-order valence-corrected chi connectivity index (χ0v) is 17.8. The van der Waals surface area contributed by atoms with Crippen molar-refractivity contribution in [2.24, 2.45) is 0 Å². The average molecular weight is 454 g/mol. The molecule has 0 radical (unpaired) electrons. The number of hydrogen-bond donors (Lipinski definition) is 4. The van der Waals surface area contributed by atoms with Crippen LogP contribution < -0.4 is 21.3 Å². The number of rotatable bonds is 11. The summed E-state index contributed by atoms with van der Waals surface area (Å²) in [4.78, 5) is 23.8. The van der Waals surface area contributed by atoms with Gasteiger partial charge >= 0.3 is 0 Å². The fourth-order valence-electron chi connectivity index (χ4n) is 2.82. The van der Waals surface area contributed by atoms with E-state index in [1.54, 1.807) is 13.8 Å². The van der Waals surface area contributed by atoms with Gasteiger partial charge in [-0.1, -0.05) is 12.1 Å². The Morgan fingerprint density at radius 1 is 0.688 bits per heavy atom. The third-order valence-corrected chi connectivity index (χ3v) is 4.79. The lowest BCUT2D eigenvalue weighted by atomic mass is 10.1. The monoisotopic (exact) mass is 454 g/mol. The summed E-state index contributed by atoms with van der Waals surface area (Å²) in [5.74, 6) is -4.42. The van der Waals surface area contributed by atoms with Crippen molar-refractivity contribution in [3.05, 3.63) is 70.8 Å². The van der Waals surface area contributed by atoms with Crippen LogP contribution in [0.2, 0.25) is 0 Å². The summed E-state index contributed by atoms with van der Waals surface area (Å²) < 4.78 is 52.5. The minimum absolute atomic E-state index is 0.0403. The van der Waals surface area contributed by atoms with Crippen LogP contribution in [0.1, 0.15) is 37.1 Å². The molecule has 0 saturated carbocycles. The zero-order chi connectivity index (χ0) is 23.7. The van der Waals surface area contributed by atoms with Crippen molar-refractivity contribution in [1.29, 1.82) is 0 Å². The molecule has 0 aliphatic heterocycles. The molecule has 2 aromatic rings. The molecule has 2 aromatic carbocycles. The highest BCUT2D eigenvalue weighted by Crippen LogP contribution is 2.16. The van der Waals surface area contributed by atoms with Crippen LogP contribution in [0.4, 0.5) is 17.6 Å². The molecule has 2 rings (SSSR count). The maximum absolute atomic E-state index is 13.3. The second kappa shape index (κ2) is 12.2. The molecular formula is C22H26F4N4O2. The van der Waals surface area contributed by atoms with Gasteiger partial charge < -0.3 is 21.3 Å². The fraction of sp³-hybridized carbons (Fsp3) is 0.364. The highest BCUT2D eigenvalue weighted by atomic mass is 19.2. The van der Waals surface area contributed by atoms with E-state index in [4.69, 9.17) is 0 Å². The molecule has 6 nitrogen and oxygen atoms in total. The Labute approximate surface area is 183 Å². The molecule has 0 bridgehead atoms. The van der Waals surface area contributed by atoms with Crippen LogP contribution in [-0.4, -0.2) is 38.0 Å². The summed E-state index contributed by atoms with van der Waals surface area (Å²) in [5, 5.41) is 11.0. The van der Waals surface area contributed by atoms with Crippen LogP contribution >= 0.6 is 0 Å². The molecule has 0 fully saturated rings. The number of amides is 2. The van der Waals surface area contributed by atoms with Gasteiger partial charge in [-0.2, -0.15) is 0 Å². The van der Waals surface area contributed by atoms with Gasteiger partial charge in [0, 0.05) is 25.2 Å². The average Bonchev–Trinajstić information content (AvgIpc) is 2.77. The SMILES string of the molecule is CC(NCC(=O)NCCNC(=O)CNC(C)c1ccc(F)c(F)c1)c1ccc(F)c(F)c1. The fourth-order valence-corrected chi connectivity index (χ4v) is 2.82. The number of carbonyl (C=O) groups is 2. The van der Waals surface area contributed by atoms with Crippen LogP contribution in [0.25, 0.3) is 0 Å². The first-order valence-corrected chi connectivity index (χ1v) is 10.1. The van der Waals surface area contributed by atoms with E-state index in [0.717, 1.165) is 24.3 Å². The first-order valence-electron chi connectivity index (χ1n) is 10.1. The Morgan fingerprint density at radius 3 is 1.41 bits per heavy atom. The Balaban J connectivity index is 1.60. The highest BCUT2D eigenvalue weighted by Gasteiger charge is 2.12. The molecule has 0 spiro atoms. The molecule has 32 heavy (non-hydrogen) atoms. The molecule has 0 aromatic heterocycles. The summed E-state index contributed by atoms with van der Waals surface area (Å²) in [5.41, 5.74) is 1.02. The summed E-state index contributed by atoms with van der Waals surface area (Å²) in [7, 11) is 0. The zero-order valence-electron chi connectivity index (χ0n) is 17.8. The van der Waals surface area contributed by atoms with Crippen molar-refractivity contribution in [2.75, 3.05) is 26.2 Å². The van der Waals surface area contributed by atoms with Gasteiger partial charge in [0.05, 0.1) is 13.1 Å². The Kier molecular flexibility index (Phi) is 9.61. The molecule has 10 heteroatoms. The van der Waals surface area contributed by atoms with E-state index in [0.29, 0.717) is 11.1 Å². The van der Waals surface area contributed by atoms with Crippen LogP contribution in [0.5, 0.6) is 0 Å². The second-order valence-corrected chi connectivity index (χ2v) is 7.25. The highest BCUT2D eigenvalue weighted by molar-refractivity contribution is 5.79. The van der Waals surface area contributed by atoms with E-state index in [1.165, 1.54) is 12.1 Å². The summed E-state index contributed by atoms with van der Waals surface area (Å²) in [6.07, 6.45) is 0. The van der Waals surface area contributed by atoms with Crippen molar-refractivity contribution in [1.82, 2.24) is 21.3 Å². The van der Waals surface area contributed by atoms with Crippen LogP contribution in [0, 0.1) is 23.3 Å². The Morgan fingerprint density at radius 2 is 1.06 bits per heavy atom. The number of nitrogens with one attached hydrogen (secondary N) is 4. The number of carbonyl (C=O) groups excluding carboxylic acids is 2. The molecule has 0 saturated heterocycles. The molecular weight excluding hydrogens is 428 g/mol. The van der Waals surface area contributed by atoms with E-state index in [9.17, 15) is 27.2 Å². The Bertz CT molecular complexity index is 867. The van der Waals surface area contributed by atoms with Gasteiger partial charge in [-0.15, -0.1) is 0 Å². The van der Waals surface area contributed by atoms with Gasteiger partial charge in [-0.25, -0.2) is 17.6 Å². The van der Waals surface area contributed by atoms with Gasteiger partial charge in [-0.3, -0.25) is 9.59 Å². The van der Waals surface area contributed by atoms with Gasteiger partial charge in [0.15, 0.2) is 23.3 Å². The van der Waals surface area contributed by atoms with E-state index in [-0.39, 0.29) is 50.1 Å². The molecule has 2 atom stereocenters. The maximum Gasteiger partial charge on any atom is 0.234 e. The van der Waals surface area contributed by atoms with Gasteiger partial charge in [0.2, 0.25) is 11.8 Å².